The lowest BCUT2D eigenvalue weighted by molar-refractivity contribution is -0.119. The van der Waals surface area contributed by atoms with Gasteiger partial charge < -0.3 is 10.2 Å². The van der Waals surface area contributed by atoms with Crippen LogP contribution in [0.2, 0.25) is 0 Å². The van der Waals surface area contributed by atoms with E-state index < -0.39 is 0 Å². The van der Waals surface area contributed by atoms with Crippen molar-refractivity contribution in [3.8, 4) is 0 Å². The highest BCUT2D eigenvalue weighted by atomic mass is 16.1. The highest BCUT2D eigenvalue weighted by Crippen LogP contribution is 2.75. The van der Waals surface area contributed by atoms with Crippen LogP contribution in [0.4, 0.5) is 0 Å². The minimum atomic E-state index is 0. The summed E-state index contributed by atoms with van der Waals surface area (Å²) in [6.45, 7) is 5.43. The number of piperidine rings is 1. The van der Waals surface area contributed by atoms with Crippen molar-refractivity contribution in [2.45, 2.75) is 56.9 Å². The average Bonchev–Trinajstić information content (AvgIpc) is 3.34. The van der Waals surface area contributed by atoms with E-state index in [1.54, 1.807) is 6.92 Å². The Morgan fingerprint density at radius 2 is 2.00 bits per heavy atom. The number of nitrogens with zero attached hydrogens (tertiary/aromatic N) is 1. The van der Waals surface area contributed by atoms with Gasteiger partial charge in [0.2, 0.25) is 5.91 Å². The molecule has 3 nitrogen and oxygen atoms in total. The molecule has 3 fully saturated rings. The minimum absolute atomic E-state index is 0. The fraction of sp³-hybridized carbons (Fsp3) is 0.640. The Balaban J connectivity index is 0.00000181. The average molecular weight is 379 g/mol. The van der Waals surface area contributed by atoms with E-state index in [9.17, 15) is 4.79 Å². The topological polar surface area (TPSA) is 32.3 Å². The lowest BCUT2D eigenvalue weighted by Gasteiger charge is -2.50. The number of amides is 1. The number of benzene rings is 1. The van der Waals surface area contributed by atoms with Crippen LogP contribution in [0.15, 0.2) is 36.4 Å². The number of hydrogen-bond donors (Lipinski definition) is 1. The summed E-state index contributed by atoms with van der Waals surface area (Å²) in [5.74, 6) is 2.86. The van der Waals surface area contributed by atoms with Crippen LogP contribution in [0.5, 0.6) is 0 Å². The SMILES string of the molecule is CC(=O)N[C@@H]1CCC2(CCN(CC3CC45CC4C=CC35)CC2)c2ccccc21.[HH]. The van der Waals surface area contributed by atoms with E-state index in [1.807, 2.05) is 0 Å². The van der Waals surface area contributed by atoms with Gasteiger partial charge in [0, 0.05) is 14.9 Å². The Kier molecular flexibility index (Phi) is 3.67. The Labute approximate surface area is 170 Å². The lowest BCUT2D eigenvalue weighted by atomic mass is 9.61. The van der Waals surface area contributed by atoms with Crippen molar-refractivity contribution in [1.29, 1.82) is 0 Å². The molecule has 28 heavy (non-hydrogen) atoms. The number of nitrogens with one attached hydrogen (secondary N) is 1. The minimum Gasteiger partial charge on any atom is -0.350 e. The predicted octanol–water partition coefficient (Wildman–Crippen LogP) is 4.45. The molecule has 1 aliphatic heterocycles. The normalized spacial score (nSPS) is 39.6. The fourth-order valence-electron chi connectivity index (χ4n) is 7.47. The molecule has 4 unspecified atom stereocenters. The molecular weight excluding hydrogens is 344 g/mol. The van der Waals surface area contributed by atoms with Gasteiger partial charge in [0.05, 0.1) is 6.04 Å². The van der Waals surface area contributed by atoms with Gasteiger partial charge in [-0.25, -0.2) is 0 Å². The first-order chi connectivity index (χ1) is 13.6. The summed E-state index contributed by atoms with van der Waals surface area (Å²) in [7, 11) is 0. The van der Waals surface area contributed by atoms with Gasteiger partial charge in [-0.15, -0.1) is 0 Å². The van der Waals surface area contributed by atoms with Crippen LogP contribution in [-0.4, -0.2) is 30.4 Å². The van der Waals surface area contributed by atoms with Crippen LogP contribution >= 0.6 is 0 Å². The second-order valence-electron chi connectivity index (χ2n) is 10.4. The van der Waals surface area contributed by atoms with E-state index >= 15 is 0 Å². The molecule has 1 amide bonds. The molecule has 0 bridgehead atoms. The maximum Gasteiger partial charge on any atom is 0.217 e. The second-order valence-corrected chi connectivity index (χ2v) is 10.4. The first kappa shape index (κ1) is 17.3. The standard InChI is InChI=1S/C25H32N2O.H2/c1-17(28)26-23-8-9-24(22-5-3-2-4-20(22)23)10-12-27(13-11-24)16-18-14-25-15-19(25)6-7-21(18)25;/h2-7,18-19,21,23H,8-16H2,1H3,(H,26,28);1H/t18?,19?,21?,23-,25?;/m1./s1. The summed E-state index contributed by atoms with van der Waals surface area (Å²) < 4.78 is 0. The lowest BCUT2D eigenvalue weighted by Crippen LogP contribution is -2.50. The molecule has 1 N–H and O–H groups in total. The van der Waals surface area contributed by atoms with Crippen molar-refractivity contribution in [2.75, 3.05) is 19.6 Å². The van der Waals surface area contributed by atoms with E-state index in [4.69, 9.17) is 0 Å². The molecule has 5 atom stereocenters. The van der Waals surface area contributed by atoms with Gasteiger partial charge in [-0.2, -0.15) is 0 Å². The van der Waals surface area contributed by atoms with Crippen LogP contribution in [0, 0.1) is 23.2 Å². The molecule has 4 aliphatic carbocycles. The van der Waals surface area contributed by atoms with Crippen LogP contribution in [0.25, 0.3) is 0 Å². The van der Waals surface area contributed by atoms with E-state index in [2.05, 4.69) is 46.6 Å². The zero-order valence-corrected chi connectivity index (χ0v) is 17.0. The fourth-order valence-corrected chi connectivity index (χ4v) is 7.47. The van der Waals surface area contributed by atoms with E-state index in [0.29, 0.717) is 5.41 Å². The molecule has 150 valence electrons. The van der Waals surface area contributed by atoms with Gasteiger partial charge in [-0.1, -0.05) is 36.4 Å². The molecule has 0 aromatic heterocycles. The van der Waals surface area contributed by atoms with E-state index in [0.717, 1.165) is 29.6 Å². The quantitative estimate of drug-likeness (QED) is 0.788. The molecule has 5 aliphatic rings. The van der Waals surface area contributed by atoms with Gasteiger partial charge in [0.25, 0.3) is 0 Å². The number of rotatable bonds is 3. The van der Waals surface area contributed by atoms with Gasteiger partial charge >= 0.3 is 0 Å². The third-order valence-corrected chi connectivity index (χ3v) is 9.05. The number of likely N-dealkylation sites (tertiary alicyclic amines) is 1. The van der Waals surface area contributed by atoms with Crippen molar-refractivity contribution >= 4 is 5.91 Å². The summed E-state index contributed by atoms with van der Waals surface area (Å²) >= 11 is 0. The van der Waals surface area contributed by atoms with Crippen molar-refractivity contribution in [3.63, 3.8) is 0 Å². The number of carbonyl (C=O) groups excluding carboxylic acids is 1. The predicted molar refractivity (Wildman–Crippen MR) is 113 cm³/mol. The molecule has 1 aromatic rings. The summed E-state index contributed by atoms with van der Waals surface area (Å²) in [5, 5.41) is 3.18. The van der Waals surface area contributed by atoms with Crippen LogP contribution in [0.1, 0.15) is 64.0 Å². The Morgan fingerprint density at radius 1 is 1.18 bits per heavy atom. The molecule has 2 saturated carbocycles. The highest BCUT2D eigenvalue weighted by Gasteiger charge is 2.68. The smallest absolute Gasteiger partial charge is 0.217 e. The largest absolute Gasteiger partial charge is 0.350 e. The van der Waals surface area contributed by atoms with Gasteiger partial charge in [-0.05, 0) is 91.3 Å². The summed E-state index contributed by atoms with van der Waals surface area (Å²) in [5.41, 5.74) is 3.97. The number of allylic oxidation sites excluding steroid dienone is 2. The van der Waals surface area contributed by atoms with Crippen molar-refractivity contribution in [2.24, 2.45) is 23.2 Å². The van der Waals surface area contributed by atoms with Crippen LogP contribution in [0.3, 0.4) is 0 Å². The first-order valence-corrected chi connectivity index (χ1v) is 11.4. The second kappa shape index (κ2) is 5.95. The van der Waals surface area contributed by atoms with E-state index in [-0.39, 0.29) is 13.4 Å². The maximum absolute atomic E-state index is 11.7. The van der Waals surface area contributed by atoms with Crippen molar-refractivity contribution < 1.29 is 6.22 Å². The van der Waals surface area contributed by atoms with Crippen molar-refractivity contribution in [1.82, 2.24) is 10.2 Å². The molecule has 6 rings (SSSR count). The van der Waals surface area contributed by atoms with Gasteiger partial charge in [-0.3, -0.25) is 4.79 Å². The van der Waals surface area contributed by atoms with Gasteiger partial charge in [0.1, 0.15) is 0 Å². The summed E-state index contributed by atoms with van der Waals surface area (Å²) in [6.07, 6.45) is 12.9. The zero-order chi connectivity index (χ0) is 18.9. The Bertz CT molecular complexity index is 843. The molecule has 1 heterocycles. The molecule has 1 saturated heterocycles. The molecular formula is C25H34N2O. The zero-order valence-electron chi connectivity index (χ0n) is 17.0. The number of hydrogen-bond acceptors (Lipinski definition) is 2. The Morgan fingerprint density at radius 3 is 2.75 bits per heavy atom. The molecule has 2 spiro atoms. The summed E-state index contributed by atoms with van der Waals surface area (Å²) in [4.78, 5) is 14.4. The Hall–Kier alpha value is -1.61. The monoisotopic (exact) mass is 378 g/mol. The van der Waals surface area contributed by atoms with Gasteiger partial charge in [0.15, 0.2) is 0 Å². The highest BCUT2D eigenvalue weighted by molar-refractivity contribution is 5.73. The van der Waals surface area contributed by atoms with Crippen LogP contribution in [-0.2, 0) is 10.2 Å². The third-order valence-electron chi connectivity index (χ3n) is 9.05. The molecule has 1 aromatic carbocycles. The summed E-state index contributed by atoms with van der Waals surface area (Å²) in [6, 6.07) is 9.11. The molecule has 3 heteroatoms. The van der Waals surface area contributed by atoms with Crippen LogP contribution < -0.4 is 5.32 Å². The third kappa shape index (κ3) is 2.41. The maximum atomic E-state index is 11.7. The number of fused-ring (bicyclic) bond motifs is 2. The van der Waals surface area contributed by atoms with Crippen molar-refractivity contribution in [3.05, 3.63) is 47.5 Å². The number of carbonyl (C=O) groups is 1. The van der Waals surface area contributed by atoms with E-state index in [1.165, 1.54) is 62.9 Å². The molecule has 0 radical (unpaired) electrons. The first-order valence-electron chi connectivity index (χ1n) is 11.4.